The molecule has 154 valence electrons. The monoisotopic (exact) mass is 480 g/mol. The molecule has 1 amide bonds. The van der Waals surface area contributed by atoms with Crippen molar-refractivity contribution in [2.45, 2.75) is 13.5 Å². The topological polar surface area (TPSA) is 77.8 Å². The lowest BCUT2D eigenvalue weighted by molar-refractivity contribution is -0.136. The SMILES string of the molecule is CCOC(=O)/C=c1\s/c(=C\c2cccc(Br)c2)c(=O)n1CC(=O)N1CCOCC1. The number of hydrogen-bond acceptors (Lipinski definition) is 6. The molecule has 0 aliphatic carbocycles. The van der Waals surface area contributed by atoms with Crippen LogP contribution in [0.1, 0.15) is 12.5 Å². The smallest absolute Gasteiger partial charge is 0.333 e. The molecule has 1 saturated heterocycles. The number of aromatic nitrogens is 1. The van der Waals surface area contributed by atoms with E-state index in [4.69, 9.17) is 9.47 Å². The van der Waals surface area contributed by atoms with Gasteiger partial charge >= 0.3 is 5.97 Å². The number of benzene rings is 1. The van der Waals surface area contributed by atoms with E-state index in [9.17, 15) is 14.4 Å². The summed E-state index contributed by atoms with van der Waals surface area (Å²) in [5.41, 5.74) is 0.527. The molecule has 1 fully saturated rings. The third-order valence-electron chi connectivity index (χ3n) is 4.27. The van der Waals surface area contributed by atoms with Crippen molar-refractivity contribution >= 4 is 51.3 Å². The number of carbonyl (C=O) groups is 2. The van der Waals surface area contributed by atoms with Crippen molar-refractivity contribution in [3.63, 3.8) is 0 Å². The van der Waals surface area contributed by atoms with Crippen molar-refractivity contribution in [2.75, 3.05) is 32.9 Å². The highest BCUT2D eigenvalue weighted by Crippen LogP contribution is 2.11. The van der Waals surface area contributed by atoms with E-state index >= 15 is 0 Å². The van der Waals surface area contributed by atoms with Gasteiger partial charge in [-0.2, -0.15) is 0 Å². The van der Waals surface area contributed by atoms with E-state index < -0.39 is 5.97 Å². The first kappa shape index (κ1) is 21.5. The molecule has 0 N–H and O–H groups in total. The molecule has 9 heteroatoms. The second-order valence-electron chi connectivity index (χ2n) is 6.28. The number of ether oxygens (including phenoxy) is 2. The maximum atomic E-state index is 13.0. The molecule has 0 spiro atoms. The molecule has 3 rings (SSSR count). The number of amides is 1. The van der Waals surface area contributed by atoms with Crippen LogP contribution in [-0.4, -0.2) is 54.3 Å². The summed E-state index contributed by atoms with van der Waals surface area (Å²) in [5, 5.41) is 0. The number of morpholine rings is 1. The maximum absolute atomic E-state index is 13.0. The van der Waals surface area contributed by atoms with Crippen LogP contribution >= 0.6 is 27.3 Å². The molecular weight excluding hydrogens is 460 g/mol. The average molecular weight is 481 g/mol. The van der Waals surface area contributed by atoms with Gasteiger partial charge in [0.15, 0.2) is 0 Å². The van der Waals surface area contributed by atoms with Gasteiger partial charge in [0.1, 0.15) is 11.2 Å². The first-order valence-electron chi connectivity index (χ1n) is 9.19. The number of rotatable bonds is 5. The summed E-state index contributed by atoms with van der Waals surface area (Å²) < 4.78 is 13.3. The van der Waals surface area contributed by atoms with E-state index in [0.717, 1.165) is 21.4 Å². The number of hydrogen-bond donors (Lipinski definition) is 0. The maximum Gasteiger partial charge on any atom is 0.333 e. The van der Waals surface area contributed by atoms with Gasteiger partial charge < -0.3 is 14.4 Å². The normalized spacial score (nSPS) is 15.6. The highest BCUT2D eigenvalue weighted by Gasteiger charge is 2.19. The minimum Gasteiger partial charge on any atom is -0.463 e. The molecule has 2 heterocycles. The van der Waals surface area contributed by atoms with Crippen molar-refractivity contribution in [2.24, 2.45) is 0 Å². The zero-order valence-electron chi connectivity index (χ0n) is 15.9. The molecule has 0 saturated carbocycles. The van der Waals surface area contributed by atoms with Crippen molar-refractivity contribution in [3.8, 4) is 0 Å². The lowest BCUT2D eigenvalue weighted by Gasteiger charge is -2.26. The van der Waals surface area contributed by atoms with Gasteiger partial charge in [-0.3, -0.25) is 14.2 Å². The second kappa shape index (κ2) is 10.00. The van der Waals surface area contributed by atoms with Gasteiger partial charge in [-0.25, -0.2) is 4.79 Å². The number of halogens is 1. The first-order valence-corrected chi connectivity index (χ1v) is 10.8. The Balaban J connectivity index is 2.02. The van der Waals surface area contributed by atoms with Crippen LogP contribution in [0.5, 0.6) is 0 Å². The Labute approximate surface area is 180 Å². The summed E-state index contributed by atoms with van der Waals surface area (Å²) >= 11 is 4.57. The molecule has 1 aliphatic heterocycles. The molecule has 29 heavy (non-hydrogen) atoms. The molecule has 0 bridgehead atoms. The van der Waals surface area contributed by atoms with Crippen molar-refractivity contribution < 1.29 is 19.1 Å². The molecule has 1 aromatic heterocycles. The standard InChI is InChI=1S/C20H21BrN2O5S/c1-2-28-19(25)12-18-23(13-17(24)22-6-8-27-9-7-22)20(26)16(29-18)11-14-4-3-5-15(21)10-14/h3-5,10-12H,2,6-9,13H2,1H3/b16-11-,18-12-. The summed E-state index contributed by atoms with van der Waals surface area (Å²) in [6.45, 7) is 3.75. The summed E-state index contributed by atoms with van der Waals surface area (Å²) in [5.74, 6) is -0.726. The summed E-state index contributed by atoms with van der Waals surface area (Å²) in [4.78, 5) is 39.3. The van der Waals surface area contributed by atoms with Crippen LogP contribution < -0.4 is 14.8 Å². The quantitative estimate of drug-likeness (QED) is 0.588. The fourth-order valence-corrected chi connectivity index (χ4v) is 4.32. The van der Waals surface area contributed by atoms with Gasteiger partial charge in [-0.1, -0.05) is 28.1 Å². The number of nitrogens with zero attached hydrogens (tertiary/aromatic N) is 2. The lowest BCUT2D eigenvalue weighted by atomic mass is 10.2. The lowest BCUT2D eigenvalue weighted by Crippen LogP contribution is -2.45. The van der Waals surface area contributed by atoms with Crippen LogP contribution in [0.15, 0.2) is 33.5 Å². The third kappa shape index (κ3) is 5.65. The van der Waals surface area contributed by atoms with E-state index in [-0.39, 0.29) is 24.6 Å². The zero-order valence-corrected chi connectivity index (χ0v) is 18.3. The van der Waals surface area contributed by atoms with Gasteiger partial charge in [0.05, 0.1) is 30.4 Å². The van der Waals surface area contributed by atoms with E-state index in [1.54, 1.807) is 17.9 Å². The Hall–Kier alpha value is -2.23. The Morgan fingerprint density at radius 3 is 2.76 bits per heavy atom. The zero-order chi connectivity index (χ0) is 20.8. The third-order valence-corrected chi connectivity index (χ3v) is 5.82. The van der Waals surface area contributed by atoms with Crippen molar-refractivity contribution in [1.29, 1.82) is 0 Å². The Kier molecular flexibility index (Phi) is 7.40. The van der Waals surface area contributed by atoms with Crippen LogP contribution in [0.4, 0.5) is 0 Å². The molecular formula is C20H21BrN2O5S. The van der Waals surface area contributed by atoms with Crippen LogP contribution in [-0.2, 0) is 25.6 Å². The van der Waals surface area contributed by atoms with Crippen molar-refractivity contribution in [3.05, 3.63) is 53.9 Å². The number of esters is 1. The minimum atomic E-state index is -0.546. The van der Waals surface area contributed by atoms with Crippen LogP contribution in [0, 0.1) is 0 Å². The van der Waals surface area contributed by atoms with Gasteiger partial charge in [0.25, 0.3) is 5.56 Å². The number of thiazole rings is 1. The van der Waals surface area contributed by atoms with Crippen LogP contribution in [0.2, 0.25) is 0 Å². The van der Waals surface area contributed by atoms with E-state index in [2.05, 4.69) is 15.9 Å². The predicted octanol–water partition coefficient (Wildman–Crippen LogP) is 0.704. The van der Waals surface area contributed by atoms with Crippen molar-refractivity contribution in [1.82, 2.24) is 9.47 Å². The summed E-state index contributed by atoms with van der Waals surface area (Å²) in [6.07, 6.45) is 3.01. The second-order valence-corrected chi connectivity index (χ2v) is 8.26. The van der Waals surface area contributed by atoms with Gasteiger partial charge in [-0.05, 0) is 30.7 Å². The highest BCUT2D eigenvalue weighted by molar-refractivity contribution is 9.10. The summed E-state index contributed by atoms with van der Waals surface area (Å²) in [7, 11) is 0. The van der Waals surface area contributed by atoms with Gasteiger partial charge in [0, 0.05) is 17.6 Å². The Morgan fingerprint density at radius 1 is 1.31 bits per heavy atom. The van der Waals surface area contributed by atoms with E-state index in [1.165, 1.54) is 10.6 Å². The largest absolute Gasteiger partial charge is 0.463 e. The molecule has 0 atom stereocenters. The fraction of sp³-hybridized carbons (Fsp3) is 0.350. The number of carbonyl (C=O) groups excluding carboxylic acids is 2. The molecule has 7 nitrogen and oxygen atoms in total. The average Bonchev–Trinajstić information content (AvgIpc) is 2.97. The highest BCUT2D eigenvalue weighted by atomic mass is 79.9. The van der Waals surface area contributed by atoms with E-state index in [1.807, 2.05) is 24.3 Å². The fourth-order valence-electron chi connectivity index (χ4n) is 2.87. The molecule has 0 unspecified atom stereocenters. The van der Waals surface area contributed by atoms with Gasteiger partial charge in [0.2, 0.25) is 5.91 Å². The molecule has 1 aliphatic rings. The summed E-state index contributed by atoms with van der Waals surface area (Å²) in [6, 6.07) is 7.53. The predicted molar refractivity (Wildman–Crippen MR) is 114 cm³/mol. The first-order chi connectivity index (χ1) is 14.0. The Bertz CT molecular complexity index is 1070. The minimum absolute atomic E-state index is 0.132. The van der Waals surface area contributed by atoms with E-state index in [0.29, 0.717) is 35.5 Å². The van der Waals surface area contributed by atoms with Gasteiger partial charge in [-0.15, -0.1) is 11.3 Å². The Morgan fingerprint density at radius 2 is 2.07 bits per heavy atom. The molecule has 0 radical (unpaired) electrons. The van der Waals surface area contributed by atoms with Crippen LogP contribution in [0.25, 0.3) is 12.2 Å². The van der Waals surface area contributed by atoms with Crippen LogP contribution in [0.3, 0.4) is 0 Å². The molecule has 1 aromatic carbocycles. The molecule has 2 aromatic rings.